The van der Waals surface area contributed by atoms with Crippen molar-refractivity contribution in [2.45, 2.75) is 84.2 Å². The van der Waals surface area contributed by atoms with Gasteiger partial charge >= 0.3 is 0 Å². The molecule has 3 heterocycles. The first-order valence-electron chi connectivity index (χ1n) is 11.6. The molecule has 8 heteroatoms. The molecule has 8 nitrogen and oxygen atoms in total. The highest BCUT2D eigenvalue weighted by Crippen LogP contribution is 2.32. The number of tetrazole rings is 1. The van der Waals surface area contributed by atoms with Gasteiger partial charge in [-0.3, -0.25) is 4.99 Å². The highest BCUT2D eigenvalue weighted by molar-refractivity contribution is 5.82. The molecule has 31 heavy (non-hydrogen) atoms. The summed E-state index contributed by atoms with van der Waals surface area (Å²) in [6.07, 6.45) is 18.2. The Labute approximate surface area is 183 Å². The molecule has 0 radical (unpaired) electrons. The number of hydrogen-bond acceptors (Lipinski definition) is 6. The number of nitrogens with one attached hydrogen (secondary N) is 1. The minimum Gasteiger partial charge on any atom is -0.284 e. The lowest BCUT2D eigenvalue weighted by atomic mass is 9.89. The third kappa shape index (κ3) is 5.24. The van der Waals surface area contributed by atoms with Gasteiger partial charge in [0.2, 0.25) is 5.82 Å². The first-order chi connectivity index (χ1) is 15.3. The monoisotopic (exact) mass is 420 g/mol. The van der Waals surface area contributed by atoms with Gasteiger partial charge in [-0.15, -0.1) is 10.2 Å². The van der Waals surface area contributed by atoms with E-state index in [4.69, 9.17) is 15.1 Å². The first kappa shape index (κ1) is 21.3. The molecule has 1 aliphatic heterocycles. The smallest absolute Gasteiger partial charge is 0.204 e. The van der Waals surface area contributed by atoms with Crippen molar-refractivity contribution in [3.05, 3.63) is 46.8 Å². The quantitative estimate of drug-likeness (QED) is 0.625. The normalized spacial score (nSPS) is 18.6. The van der Waals surface area contributed by atoms with E-state index in [0.717, 1.165) is 81.6 Å². The number of aromatic amines is 1. The number of H-pyrrole nitrogens is 1. The predicted molar refractivity (Wildman–Crippen MR) is 122 cm³/mol. The zero-order chi connectivity index (χ0) is 21.5. The molecule has 1 N–H and O–H groups in total. The van der Waals surface area contributed by atoms with Gasteiger partial charge in [0.25, 0.3) is 0 Å². The molecule has 0 fully saturated rings. The van der Waals surface area contributed by atoms with Crippen LogP contribution >= 0.6 is 0 Å². The largest absolute Gasteiger partial charge is 0.284 e. The van der Waals surface area contributed by atoms with Crippen LogP contribution in [0.4, 0.5) is 0 Å². The standard InChI is InChI=1S/C23H32N8/c1-3-5-11-21-25-22(12-6-4-2)31(28-21)16-17-13-14-20(24-15-17)18-9-7-8-10-19(18)23-26-29-30-27-23/h9-10,13,15,20H,3-8,11-12,14,16H2,1-2H3,(H,26,27,29,30). The maximum atomic E-state index is 4.89. The lowest BCUT2D eigenvalue weighted by Gasteiger charge is -2.22. The Morgan fingerprint density at radius 2 is 1.90 bits per heavy atom. The number of hydrogen-bond donors (Lipinski definition) is 1. The molecule has 0 saturated heterocycles. The van der Waals surface area contributed by atoms with E-state index >= 15 is 0 Å². The van der Waals surface area contributed by atoms with E-state index in [2.05, 4.69) is 57.4 Å². The molecule has 164 valence electrons. The van der Waals surface area contributed by atoms with Crippen molar-refractivity contribution in [3.63, 3.8) is 0 Å². The first-order valence-corrected chi connectivity index (χ1v) is 11.6. The van der Waals surface area contributed by atoms with E-state index in [1.54, 1.807) is 0 Å². The van der Waals surface area contributed by atoms with Gasteiger partial charge in [0.15, 0.2) is 5.82 Å². The molecule has 0 aromatic carbocycles. The van der Waals surface area contributed by atoms with Gasteiger partial charge in [-0.25, -0.2) is 9.67 Å². The highest BCUT2D eigenvalue weighted by Gasteiger charge is 2.23. The van der Waals surface area contributed by atoms with Gasteiger partial charge in [-0.2, -0.15) is 10.3 Å². The average molecular weight is 421 g/mol. The average Bonchev–Trinajstić information content (AvgIpc) is 3.47. The summed E-state index contributed by atoms with van der Waals surface area (Å²) in [7, 11) is 0. The zero-order valence-corrected chi connectivity index (χ0v) is 18.6. The molecule has 1 aliphatic carbocycles. The minimum atomic E-state index is 0.101. The van der Waals surface area contributed by atoms with Gasteiger partial charge in [0.05, 0.1) is 12.6 Å². The minimum absolute atomic E-state index is 0.101. The molecule has 0 spiro atoms. The van der Waals surface area contributed by atoms with Crippen molar-refractivity contribution < 1.29 is 0 Å². The van der Waals surface area contributed by atoms with E-state index in [9.17, 15) is 0 Å². The molecule has 0 amide bonds. The summed E-state index contributed by atoms with van der Waals surface area (Å²) in [4.78, 5) is 9.71. The van der Waals surface area contributed by atoms with Crippen LogP contribution in [0.5, 0.6) is 0 Å². The van der Waals surface area contributed by atoms with Crippen LogP contribution in [-0.4, -0.2) is 47.6 Å². The topological polar surface area (TPSA) is 97.5 Å². The van der Waals surface area contributed by atoms with Crippen LogP contribution in [0.3, 0.4) is 0 Å². The summed E-state index contributed by atoms with van der Waals surface area (Å²) in [6.45, 7) is 5.16. The van der Waals surface area contributed by atoms with Crippen LogP contribution in [0, 0.1) is 0 Å². The maximum absolute atomic E-state index is 4.89. The van der Waals surface area contributed by atoms with Crippen LogP contribution in [0.15, 0.2) is 34.4 Å². The molecule has 0 bridgehead atoms. The number of aliphatic imine (C=N–C) groups is 1. The Bertz CT molecular complexity index is 977. The molecular formula is C23H32N8. The van der Waals surface area contributed by atoms with E-state index in [1.165, 1.54) is 11.1 Å². The van der Waals surface area contributed by atoms with Gasteiger partial charge in [0.1, 0.15) is 5.82 Å². The summed E-state index contributed by atoms with van der Waals surface area (Å²) < 4.78 is 2.09. The summed E-state index contributed by atoms with van der Waals surface area (Å²) in [5, 5.41) is 19.4. The second kappa shape index (κ2) is 10.4. The van der Waals surface area contributed by atoms with E-state index < -0.39 is 0 Å². The predicted octanol–water partition coefficient (Wildman–Crippen LogP) is 4.05. The summed E-state index contributed by atoms with van der Waals surface area (Å²) in [5.74, 6) is 2.72. The van der Waals surface area contributed by atoms with Gasteiger partial charge in [-0.05, 0) is 48.5 Å². The van der Waals surface area contributed by atoms with Crippen molar-refractivity contribution in [2.75, 3.05) is 0 Å². The fourth-order valence-electron chi connectivity index (χ4n) is 4.07. The summed E-state index contributed by atoms with van der Waals surface area (Å²) in [5.41, 5.74) is 3.45. The van der Waals surface area contributed by atoms with Gasteiger partial charge in [-0.1, -0.05) is 44.9 Å². The zero-order valence-electron chi connectivity index (χ0n) is 18.6. The Morgan fingerprint density at radius 1 is 1.06 bits per heavy atom. The van der Waals surface area contributed by atoms with Crippen LogP contribution < -0.4 is 0 Å². The molecule has 1 atom stereocenters. The van der Waals surface area contributed by atoms with Crippen LogP contribution in [0.1, 0.15) is 76.3 Å². The highest BCUT2D eigenvalue weighted by atomic mass is 15.5. The van der Waals surface area contributed by atoms with Crippen molar-refractivity contribution in [1.29, 1.82) is 0 Å². The third-order valence-corrected chi connectivity index (χ3v) is 5.79. The Balaban J connectivity index is 1.44. The number of nitrogens with zero attached hydrogens (tertiary/aromatic N) is 7. The number of rotatable bonds is 10. The lowest BCUT2D eigenvalue weighted by molar-refractivity contribution is 0.610. The van der Waals surface area contributed by atoms with E-state index in [-0.39, 0.29) is 6.04 Å². The van der Waals surface area contributed by atoms with Crippen LogP contribution in [0.2, 0.25) is 0 Å². The molecule has 2 aromatic heterocycles. The van der Waals surface area contributed by atoms with Crippen molar-refractivity contribution >= 4 is 11.8 Å². The molecule has 2 aromatic rings. The van der Waals surface area contributed by atoms with Crippen molar-refractivity contribution in [1.82, 2.24) is 35.4 Å². The summed E-state index contributed by atoms with van der Waals surface area (Å²) in [6, 6.07) is 0.101. The Morgan fingerprint density at radius 3 is 2.65 bits per heavy atom. The second-order valence-electron chi connectivity index (χ2n) is 8.21. The number of dihydropyridines is 1. The second-order valence-corrected chi connectivity index (χ2v) is 8.21. The Hall–Kier alpha value is -2.90. The maximum Gasteiger partial charge on any atom is 0.204 e. The third-order valence-electron chi connectivity index (χ3n) is 5.79. The summed E-state index contributed by atoms with van der Waals surface area (Å²) >= 11 is 0. The number of aromatic nitrogens is 7. The number of unbranched alkanes of at least 4 members (excludes halogenated alkanes) is 2. The molecule has 0 saturated carbocycles. The van der Waals surface area contributed by atoms with Crippen molar-refractivity contribution in [2.24, 2.45) is 4.99 Å². The fraction of sp³-hybridized carbons (Fsp3) is 0.565. The van der Waals surface area contributed by atoms with Gasteiger partial charge in [0, 0.05) is 24.6 Å². The number of aryl methyl sites for hydroxylation is 2. The van der Waals surface area contributed by atoms with Crippen LogP contribution in [-0.2, 0) is 19.4 Å². The SMILES string of the molecule is CCCCc1nc(CCCC)n(CC2=CCC(C3=CCCC=C3c3nn[nH]n3)N=C2)n1. The molecule has 1 unspecified atom stereocenters. The van der Waals surface area contributed by atoms with Crippen LogP contribution in [0.25, 0.3) is 5.57 Å². The molecule has 4 rings (SSSR count). The van der Waals surface area contributed by atoms with Crippen molar-refractivity contribution in [3.8, 4) is 0 Å². The lowest BCUT2D eigenvalue weighted by Crippen LogP contribution is -2.17. The van der Waals surface area contributed by atoms with E-state index in [0.29, 0.717) is 5.82 Å². The molecular weight excluding hydrogens is 388 g/mol. The van der Waals surface area contributed by atoms with E-state index in [1.807, 2.05) is 6.21 Å². The van der Waals surface area contributed by atoms with Gasteiger partial charge < -0.3 is 0 Å². The number of allylic oxidation sites excluding steroid dienone is 3. The fourth-order valence-corrected chi connectivity index (χ4v) is 4.07. The Kier molecular flexibility index (Phi) is 7.17. The molecule has 2 aliphatic rings.